The lowest BCUT2D eigenvalue weighted by Crippen LogP contribution is -2.01. The van der Waals surface area contributed by atoms with E-state index < -0.39 is 0 Å². The normalized spacial score (nSPS) is 13.5. The zero-order valence-electron chi connectivity index (χ0n) is 13.9. The van der Waals surface area contributed by atoms with E-state index >= 15 is 0 Å². The molecule has 1 heterocycles. The van der Waals surface area contributed by atoms with Gasteiger partial charge in [-0.1, -0.05) is 56.3 Å². The highest BCUT2D eigenvalue weighted by molar-refractivity contribution is 7.84. The Morgan fingerprint density at radius 3 is 1.95 bits per heavy atom. The topological polar surface area (TPSA) is 12.0 Å². The van der Waals surface area contributed by atoms with Gasteiger partial charge in [0, 0.05) is 6.54 Å². The molecule has 2 aromatic carbocycles. The lowest BCUT2D eigenvalue weighted by atomic mass is 9.98. The molecule has 0 spiro atoms. The van der Waals surface area contributed by atoms with E-state index in [1.807, 2.05) is 13.8 Å². The second kappa shape index (κ2) is 7.55. The van der Waals surface area contributed by atoms with Crippen molar-refractivity contribution in [1.82, 2.24) is 5.32 Å². The lowest BCUT2D eigenvalue weighted by molar-refractivity contribution is 0.912. The summed E-state index contributed by atoms with van der Waals surface area (Å²) in [6, 6.07) is 15.4. The van der Waals surface area contributed by atoms with Crippen LogP contribution in [-0.2, 0) is 0 Å². The van der Waals surface area contributed by atoms with Gasteiger partial charge in [0.05, 0.1) is 5.03 Å². The van der Waals surface area contributed by atoms with E-state index in [9.17, 15) is 0 Å². The van der Waals surface area contributed by atoms with Crippen LogP contribution in [0.3, 0.4) is 0 Å². The van der Waals surface area contributed by atoms with Gasteiger partial charge in [0.1, 0.15) is 0 Å². The SMILES string of the molecule is CC.Cc1ccc(-c2ccc(C3=C(S)NCC3)cc2)cc1C. The van der Waals surface area contributed by atoms with Crippen molar-refractivity contribution in [3.05, 3.63) is 64.2 Å². The minimum Gasteiger partial charge on any atom is -0.379 e. The van der Waals surface area contributed by atoms with Gasteiger partial charge in [-0.15, -0.1) is 12.6 Å². The third-order valence-electron chi connectivity index (χ3n) is 4.03. The van der Waals surface area contributed by atoms with Gasteiger partial charge in [0.25, 0.3) is 0 Å². The Morgan fingerprint density at radius 2 is 1.41 bits per heavy atom. The van der Waals surface area contributed by atoms with E-state index in [0.717, 1.165) is 18.0 Å². The third kappa shape index (κ3) is 3.56. The third-order valence-corrected chi connectivity index (χ3v) is 4.45. The fourth-order valence-corrected chi connectivity index (χ4v) is 2.95. The van der Waals surface area contributed by atoms with Gasteiger partial charge in [-0.2, -0.15) is 0 Å². The van der Waals surface area contributed by atoms with Gasteiger partial charge < -0.3 is 5.32 Å². The predicted octanol–water partition coefficient (Wildman–Crippen LogP) is 5.59. The first kappa shape index (κ1) is 16.7. The Labute approximate surface area is 139 Å². The molecule has 0 bridgehead atoms. The van der Waals surface area contributed by atoms with Crippen LogP contribution in [0.2, 0.25) is 0 Å². The molecule has 0 saturated heterocycles. The summed E-state index contributed by atoms with van der Waals surface area (Å²) in [7, 11) is 0. The maximum Gasteiger partial charge on any atom is 0.0689 e. The van der Waals surface area contributed by atoms with Crippen LogP contribution in [0.1, 0.15) is 37.0 Å². The molecule has 1 aliphatic heterocycles. The largest absolute Gasteiger partial charge is 0.379 e. The van der Waals surface area contributed by atoms with Crippen LogP contribution < -0.4 is 5.32 Å². The molecule has 0 fully saturated rings. The lowest BCUT2D eigenvalue weighted by Gasteiger charge is -2.08. The molecule has 116 valence electrons. The Hall–Kier alpha value is -1.67. The average Bonchev–Trinajstić information content (AvgIpc) is 2.98. The van der Waals surface area contributed by atoms with Crippen molar-refractivity contribution >= 4 is 18.2 Å². The highest BCUT2D eigenvalue weighted by Gasteiger charge is 2.12. The summed E-state index contributed by atoms with van der Waals surface area (Å²) in [5, 5.41) is 4.29. The summed E-state index contributed by atoms with van der Waals surface area (Å²) in [4.78, 5) is 0. The monoisotopic (exact) mass is 311 g/mol. The van der Waals surface area contributed by atoms with Crippen LogP contribution in [0.25, 0.3) is 16.7 Å². The van der Waals surface area contributed by atoms with E-state index in [4.69, 9.17) is 0 Å². The molecular formula is C20H25NS. The molecule has 22 heavy (non-hydrogen) atoms. The van der Waals surface area contributed by atoms with E-state index in [1.165, 1.54) is 33.4 Å². The second-order valence-corrected chi connectivity index (χ2v) is 5.83. The van der Waals surface area contributed by atoms with Crippen molar-refractivity contribution in [3.63, 3.8) is 0 Å². The van der Waals surface area contributed by atoms with Gasteiger partial charge in [-0.05, 0) is 53.7 Å². The van der Waals surface area contributed by atoms with E-state index in [2.05, 4.69) is 74.3 Å². The molecule has 0 saturated carbocycles. The molecule has 0 atom stereocenters. The Morgan fingerprint density at radius 1 is 0.818 bits per heavy atom. The maximum absolute atomic E-state index is 4.49. The first-order valence-electron chi connectivity index (χ1n) is 7.99. The van der Waals surface area contributed by atoms with Crippen LogP contribution in [0, 0.1) is 13.8 Å². The van der Waals surface area contributed by atoms with E-state index in [0.29, 0.717) is 0 Å². The minimum atomic E-state index is 0.993. The zero-order valence-corrected chi connectivity index (χ0v) is 14.8. The van der Waals surface area contributed by atoms with Crippen molar-refractivity contribution in [3.8, 4) is 11.1 Å². The maximum atomic E-state index is 4.49. The standard InChI is InChI=1S/C18H19NS.C2H6/c1-12-3-4-16(11-13(12)2)14-5-7-15(8-6-14)17-9-10-19-18(17)20;1-2/h3-8,11,19-20H,9-10H2,1-2H3;1-2H3. The van der Waals surface area contributed by atoms with Crippen LogP contribution in [0.4, 0.5) is 0 Å². The van der Waals surface area contributed by atoms with Gasteiger partial charge in [0.2, 0.25) is 0 Å². The molecule has 1 N–H and O–H groups in total. The molecule has 2 aromatic rings. The molecule has 2 heteroatoms. The fraction of sp³-hybridized carbons (Fsp3) is 0.300. The molecule has 0 amide bonds. The molecule has 0 aliphatic carbocycles. The number of hydrogen-bond acceptors (Lipinski definition) is 2. The average molecular weight is 311 g/mol. The fourth-order valence-electron chi connectivity index (χ4n) is 2.60. The van der Waals surface area contributed by atoms with Crippen molar-refractivity contribution in [2.75, 3.05) is 6.54 Å². The summed E-state index contributed by atoms with van der Waals surface area (Å²) in [6.07, 6.45) is 1.06. The molecule has 1 aliphatic rings. The first-order chi connectivity index (χ1) is 10.6. The van der Waals surface area contributed by atoms with E-state index in [-0.39, 0.29) is 0 Å². The highest BCUT2D eigenvalue weighted by Crippen LogP contribution is 2.29. The van der Waals surface area contributed by atoms with Crippen LogP contribution in [0.15, 0.2) is 47.5 Å². The summed E-state index contributed by atoms with van der Waals surface area (Å²) in [5.41, 5.74) is 7.82. The van der Waals surface area contributed by atoms with Gasteiger partial charge in [0.15, 0.2) is 0 Å². The number of rotatable bonds is 2. The van der Waals surface area contributed by atoms with Gasteiger partial charge in [-0.25, -0.2) is 0 Å². The predicted molar refractivity (Wildman–Crippen MR) is 101 cm³/mol. The van der Waals surface area contributed by atoms with Gasteiger partial charge in [-0.3, -0.25) is 0 Å². The molecule has 0 aromatic heterocycles. The molecule has 1 nitrogen and oxygen atoms in total. The number of benzene rings is 2. The van der Waals surface area contributed by atoms with E-state index in [1.54, 1.807) is 0 Å². The van der Waals surface area contributed by atoms with Crippen molar-refractivity contribution in [2.24, 2.45) is 0 Å². The van der Waals surface area contributed by atoms with Gasteiger partial charge >= 0.3 is 0 Å². The summed E-state index contributed by atoms with van der Waals surface area (Å²) >= 11 is 4.49. The second-order valence-electron chi connectivity index (χ2n) is 5.38. The number of hydrogen-bond donors (Lipinski definition) is 2. The summed E-state index contributed by atoms with van der Waals surface area (Å²) in [6.45, 7) is 9.30. The van der Waals surface area contributed by atoms with Crippen molar-refractivity contribution < 1.29 is 0 Å². The van der Waals surface area contributed by atoms with Crippen LogP contribution >= 0.6 is 12.6 Å². The molecule has 3 rings (SSSR count). The molecule has 0 unspecified atom stereocenters. The Kier molecular flexibility index (Phi) is 5.73. The highest BCUT2D eigenvalue weighted by atomic mass is 32.1. The van der Waals surface area contributed by atoms with Crippen LogP contribution in [-0.4, -0.2) is 6.54 Å². The zero-order chi connectivity index (χ0) is 16.1. The number of nitrogens with one attached hydrogen (secondary N) is 1. The van der Waals surface area contributed by atoms with Crippen molar-refractivity contribution in [1.29, 1.82) is 0 Å². The minimum absolute atomic E-state index is 0.993. The summed E-state index contributed by atoms with van der Waals surface area (Å²) < 4.78 is 0. The smallest absolute Gasteiger partial charge is 0.0689 e. The quantitative estimate of drug-likeness (QED) is 0.689. The molecular weight excluding hydrogens is 286 g/mol. The Balaban J connectivity index is 0.000000847. The number of thiol groups is 1. The van der Waals surface area contributed by atoms with Crippen molar-refractivity contribution in [2.45, 2.75) is 34.1 Å². The Bertz CT molecular complexity index is 669. The molecule has 0 radical (unpaired) electrons. The first-order valence-corrected chi connectivity index (χ1v) is 8.44. The van der Waals surface area contributed by atoms with Crippen LogP contribution in [0.5, 0.6) is 0 Å². The summed E-state index contributed by atoms with van der Waals surface area (Å²) in [5.74, 6) is 0. The number of aryl methyl sites for hydroxylation is 2.